The minimum Gasteiger partial charge on any atom is -0.366 e. The molecule has 1 aromatic carbocycles. The second-order valence-corrected chi connectivity index (χ2v) is 5.84. The van der Waals surface area contributed by atoms with Crippen LogP contribution in [-0.2, 0) is 0 Å². The first-order chi connectivity index (χ1) is 10.7. The maximum atomic E-state index is 12.0. The van der Waals surface area contributed by atoms with Crippen LogP contribution in [0.3, 0.4) is 0 Å². The standard InChI is InChI=1S/C17H25N3O2/c18-16(21)13-6-5-7-14(12-13)17(22)20-11-10-19-15-8-3-1-2-4-9-15/h5-7,12,15,19H,1-4,8-11H2,(H2,18,21)(H,20,22). The maximum absolute atomic E-state index is 12.0. The molecule has 1 saturated carbocycles. The Balaban J connectivity index is 1.73. The predicted molar refractivity (Wildman–Crippen MR) is 86.8 cm³/mol. The van der Waals surface area contributed by atoms with Crippen LogP contribution in [0.5, 0.6) is 0 Å². The SMILES string of the molecule is NC(=O)c1cccc(C(=O)NCCNC2CCCCCC2)c1. The summed E-state index contributed by atoms with van der Waals surface area (Å²) >= 11 is 0. The van der Waals surface area contributed by atoms with Crippen LogP contribution in [0.2, 0.25) is 0 Å². The lowest BCUT2D eigenvalue weighted by Crippen LogP contribution is -2.36. The fourth-order valence-corrected chi connectivity index (χ4v) is 2.85. The predicted octanol–water partition coefficient (Wildman–Crippen LogP) is 1.83. The van der Waals surface area contributed by atoms with Crippen LogP contribution in [-0.4, -0.2) is 30.9 Å². The van der Waals surface area contributed by atoms with Crippen molar-refractivity contribution in [3.05, 3.63) is 35.4 Å². The van der Waals surface area contributed by atoms with Gasteiger partial charge in [-0.25, -0.2) is 0 Å². The van der Waals surface area contributed by atoms with Gasteiger partial charge in [0.15, 0.2) is 0 Å². The summed E-state index contributed by atoms with van der Waals surface area (Å²) in [6, 6.07) is 7.06. The van der Waals surface area contributed by atoms with E-state index in [0.29, 0.717) is 23.7 Å². The fourth-order valence-electron chi connectivity index (χ4n) is 2.85. The lowest BCUT2D eigenvalue weighted by molar-refractivity contribution is 0.0953. The largest absolute Gasteiger partial charge is 0.366 e. The molecule has 1 aliphatic carbocycles. The third kappa shape index (κ3) is 5.15. The molecule has 0 bridgehead atoms. The summed E-state index contributed by atoms with van der Waals surface area (Å²) in [5.41, 5.74) is 6.03. The molecule has 22 heavy (non-hydrogen) atoms. The van der Waals surface area contributed by atoms with E-state index in [9.17, 15) is 9.59 Å². The molecule has 1 aliphatic rings. The van der Waals surface area contributed by atoms with Gasteiger partial charge in [-0.15, -0.1) is 0 Å². The van der Waals surface area contributed by atoms with Crippen molar-refractivity contribution in [3.8, 4) is 0 Å². The summed E-state index contributed by atoms with van der Waals surface area (Å²) in [6.07, 6.45) is 7.73. The van der Waals surface area contributed by atoms with E-state index in [0.717, 1.165) is 6.54 Å². The molecule has 120 valence electrons. The van der Waals surface area contributed by atoms with Crippen LogP contribution in [0.4, 0.5) is 0 Å². The van der Waals surface area contributed by atoms with Gasteiger partial charge in [0.25, 0.3) is 5.91 Å². The monoisotopic (exact) mass is 303 g/mol. The molecule has 0 saturated heterocycles. The second kappa shape index (κ2) is 8.54. The Labute approximate surface area is 131 Å². The fraction of sp³-hybridized carbons (Fsp3) is 0.529. The van der Waals surface area contributed by atoms with Crippen LogP contribution >= 0.6 is 0 Å². The molecule has 0 spiro atoms. The highest BCUT2D eigenvalue weighted by molar-refractivity contribution is 5.99. The van der Waals surface area contributed by atoms with Gasteiger partial charge in [0, 0.05) is 30.3 Å². The number of nitrogens with two attached hydrogens (primary N) is 1. The summed E-state index contributed by atoms with van der Waals surface area (Å²) in [5, 5.41) is 6.38. The number of carbonyl (C=O) groups is 2. The normalized spacial score (nSPS) is 16.0. The zero-order chi connectivity index (χ0) is 15.8. The molecule has 5 nitrogen and oxygen atoms in total. The van der Waals surface area contributed by atoms with Crippen LogP contribution in [0.15, 0.2) is 24.3 Å². The van der Waals surface area contributed by atoms with Gasteiger partial charge in [0.05, 0.1) is 0 Å². The van der Waals surface area contributed by atoms with E-state index in [4.69, 9.17) is 5.73 Å². The molecule has 4 N–H and O–H groups in total. The zero-order valence-corrected chi connectivity index (χ0v) is 12.9. The van der Waals surface area contributed by atoms with Crippen molar-refractivity contribution in [2.24, 2.45) is 5.73 Å². The lowest BCUT2D eigenvalue weighted by atomic mass is 10.1. The van der Waals surface area contributed by atoms with E-state index in [1.807, 2.05) is 0 Å². The number of hydrogen-bond acceptors (Lipinski definition) is 3. The number of benzene rings is 1. The van der Waals surface area contributed by atoms with Crippen LogP contribution in [0.25, 0.3) is 0 Å². The molecule has 0 aliphatic heterocycles. The highest BCUT2D eigenvalue weighted by atomic mass is 16.2. The number of hydrogen-bond donors (Lipinski definition) is 3. The summed E-state index contributed by atoms with van der Waals surface area (Å²) < 4.78 is 0. The van der Waals surface area contributed by atoms with Crippen molar-refractivity contribution in [2.75, 3.05) is 13.1 Å². The second-order valence-electron chi connectivity index (χ2n) is 5.84. The average molecular weight is 303 g/mol. The number of primary amides is 1. The number of rotatable bonds is 6. The van der Waals surface area contributed by atoms with Crippen molar-refractivity contribution < 1.29 is 9.59 Å². The van der Waals surface area contributed by atoms with Gasteiger partial charge in [-0.3, -0.25) is 9.59 Å². The van der Waals surface area contributed by atoms with Gasteiger partial charge in [-0.2, -0.15) is 0 Å². The molecule has 5 heteroatoms. The molecule has 0 aromatic heterocycles. The Hall–Kier alpha value is -1.88. The summed E-state index contributed by atoms with van der Waals surface area (Å²) in [5.74, 6) is -0.699. The topological polar surface area (TPSA) is 84.2 Å². The van der Waals surface area contributed by atoms with Crippen molar-refractivity contribution in [1.29, 1.82) is 0 Å². The van der Waals surface area contributed by atoms with E-state index in [1.54, 1.807) is 18.2 Å². The zero-order valence-electron chi connectivity index (χ0n) is 12.9. The van der Waals surface area contributed by atoms with Gasteiger partial charge in [0.2, 0.25) is 5.91 Å². The van der Waals surface area contributed by atoms with Gasteiger partial charge in [0.1, 0.15) is 0 Å². The molecule has 2 amide bonds. The third-order valence-corrected chi connectivity index (χ3v) is 4.11. The molecule has 1 aromatic rings. The Morgan fingerprint density at radius 2 is 1.73 bits per heavy atom. The van der Waals surface area contributed by atoms with E-state index < -0.39 is 5.91 Å². The first kappa shape index (κ1) is 16.5. The quantitative estimate of drug-likeness (QED) is 0.553. The molecule has 2 rings (SSSR count). The minimum atomic E-state index is -0.523. The van der Waals surface area contributed by atoms with Gasteiger partial charge < -0.3 is 16.4 Å². The van der Waals surface area contributed by atoms with Crippen molar-refractivity contribution >= 4 is 11.8 Å². The summed E-state index contributed by atoms with van der Waals surface area (Å²) in [6.45, 7) is 1.35. The van der Waals surface area contributed by atoms with Crippen LogP contribution in [0, 0.1) is 0 Å². The highest BCUT2D eigenvalue weighted by Gasteiger charge is 2.11. The summed E-state index contributed by atoms with van der Waals surface area (Å²) in [7, 11) is 0. The Bertz CT molecular complexity index is 508. The molecule has 0 unspecified atom stereocenters. The van der Waals surface area contributed by atoms with Gasteiger partial charge in [-0.1, -0.05) is 31.7 Å². The highest BCUT2D eigenvalue weighted by Crippen LogP contribution is 2.16. The minimum absolute atomic E-state index is 0.175. The molecular weight excluding hydrogens is 278 g/mol. The van der Waals surface area contributed by atoms with Crippen molar-refractivity contribution in [1.82, 2.24) is 10.6 Å². The van der Waals surface area contributed by atoms with Crippen molar-refractivity contribution in [3.63, 3.8) is 0 Å². The average Bonchev–Trinajstić information content (AvgIpc) is 2.80. The molecule has 0 heterocycles. The first-order valence-electron chi connectivity index (χ1n) is 8.08. The number of amides is 2. The lowest BCUT2D eigenvalue weighted by Gasteiger charge is -2.16. The maximum Gasteiger partial charge on any atom is 0.251 e. The van der Waals surface area contributed by atoms with Crippen LogP contribution in [0.1, 0.15) is 59.2 Å². The molecule has 0 atom stereocenters. The van der Waals surface area contributed by atoms with E-state index in [1.165, 1.54) is 44.6 Å². The Morgan fingerprint density at radius 3 is 2.41 bits per heavy atom. The molecule has 1 fully saturated rings. The van der Waals surface area contributed by atoms with Crippen LogP contribution < -0.4 is 16.4 Å². The summed E-state index contributed by atoms with van der Waals surface area (Å²) in [4.78, 5) is 23.2. The number of carbonyl (C=O) groups excluding carboxylic acids is 2. The Morgan fingerprint density at radius 1 is 1.05 bits per heavy atom. The van der Waals surface area contributed by atoms with E-state index in [2.05, 4.69) is 10.6 Å². The number of nitrogens with one attached hydrogen (secondary N) is 2. The third-order valence-electron chi connectivity index (χ3n) is 4.11. The first-order valence-corrected chi connectivity index (χ1v) is 8.08. The van der Waals surface area contributed by atoms with E-state index in [-0.39, 0.29) is 5.91 Å². The van der Waals surface area contributed by atoms with Crippen molar-refractivity contribution in [2.45, 2.75) is 44.6 Å². The van der Waals surface area contributed by atoms with Gasteiger partial charge in [-0.05, 0) is 31.0 Å². The van der Waals surface area contributed by atoms with Gasteiger partial charge >= 0.3 is 0 Å². The molecule has 0 radical (unpaired) electrons. The van der Waals surface area contributed by atoms with E-state index >= 15 is 0 Å². The molecular formula is C17H25N3O2. The smallest absolute Gasteiger partial charge is 0.251 e. The Kier molecular flexibility index (Phi) is 6.40.